The summed E-state index contributed by atoms with van der Waals surface area (Å²) in [4.78, 5) is 10.8. The first-order valence-electron chi connectivity index (χ1n) is 4.09. The third-order valence-electron chi connectivity index (χ3n) is 2.27. The summed E-state index contributed by atoms with van der Waals surface area (Å²) in [7, 11) is 0. The second-order valence-corrected chi connectivity index (χ2v) is 3.55. The van der Waals surface area contributed by atoms with E-state index in [0.717, 1.165) is 18.4 Å². The van der Waals surface area contributed by atoms with Crippen LogP contribution in [0.3, 0.4) is 0 Å². The lowest BCUT2D eigenvalue weighted by molar-refractivity contribution is -0.145. The SMILES string of the molecule is CC(C)(C(=O)O)C1=COCCC1. The van der Waals surface area contributed by atoms with Crippen LogP contribution >= 0.6 is 0 Å². The van der Waals surface area contributed by atoms with Crippen LogP contribution in [0.5, 0.6) is 0 Å². The lowest BCUT2D eigenvalue weighted by Gasteiger charge is -2.25. The summed E-state index contributed by atoms with van der Waals surface area (Å²) in [5.74, 6) is -0.792. The zero-order valence-electron chi connectivity index (χ0n) is 7.46. The van der Waals surface area contributed by atoms with Crippen molar-refractivity contribution in [3.05, 3.63) is 11.8 Å². The molecule has 1 aliphatic heterocycles. The Morgan fingerprint density at radius 2 is 2.33 bits per heavy atom. The van der Waals surface area contributed by atoms with Gasteiger partial charge in [0.05, 0.1) is 18.3 Å². The van der Waals surface area contributed by atoms with E-state index in [4.69, 9.17) is 9.84 Å². The van der Waals surface area contributed by atoms with Gasteiger partial charge in [-0.15, -0.1) is 0 Å². The second kappa shape index (κ2) is 3.17. The zero-order chi connectivity index (χ0) is 9.19. The Bertz CT molecular complexity index is 216. The van der Waals surface area contributed by atoms with E-state index in [1.54, 1.807) is 20.1 Å². The normalized spacial score (nSPS) is 18.0. The molecule has 0 atom stereocenters. The Morgan fingerprint density at radius 3 is 2.75 bits per heavy atom. The third-order valence-corrected chi connectivity index (χ3v) is 2.27. The Hall–Kier alpha value is -0.990. The number of carbonyl (C=O) groups is 1. The first-order valence-corrected chi connectivity index (χ1v) is 4.09. The van der Waals surface area contributed by atoms with Gasteiger partial charge in [0.1, 0.15) is 0 Å². The van der Waals surface area contributed by atoms with Crippen LogP contribution in [0.15, 0.2) is 11.8 Å². The summed E-state index contributed by atoms with van der Waals surface area (Å²) < 4.78 is 5.09. The van der Waals surface area contributed by atoms with Crippen molar-refractivity contribution in [3.63, 3.8) is 0 Å². The van der Waals surface area contributed by atoms with Gasteiger partial charge in [0.25, 0.3) is 0 Å². The fraction of sp³-hybridized carbons (Fsp3) is 0.667. The number of carboxylic acid groups (broad SMARTS) is 1. The number of rotatable bonds is 2. The molecule has 1 rings (SSSR count). The fourth-order valence-electron chi connectivity index (χ4n) is 1.16. The van der Waals surface area contributed by atoms with Crippen LogP contribution in [0, 0.1) is 5.41 Å². The molecule has 0 spiro atoms. The monoisotopic (exact) mass is 170 g/mol. The molecule has 0 aromatic carbocycles. The highest BCUT2D eigenvalue weighted by Gasteiger charge is 2.32. The summed E-state index contributed by atoms with van der Waals surface area (Å²) in [5.41, 5.74) is 0.0988. The van der Waals surface area contributed by atoms with Gasteiger partial charge in [0.2, 0.25) is 0 Å². The lowest BCUT2D eigenvalue weighted by Crippen LogP contribution is -2.27. The molecule has 1 heterocycles. The molecule has 0 radical (unpaired) electrons. The minimum Gasteiger partial charge on any atom is -0.501 e. The number of aliphatic carboxylic acids is 1. The van der Waals surface area contributed by atoms with Crippen molar-refractivity contribution in [1.29, 1.82) is 0 Å². The van der Waals surface area contributed by atoms with Crippen molar-refractivity contribution in [2.45, 2.75) is 26.7 Å². The Balaban J connectivity index is 2.79. The minimum absolute atomic E-state index is 0.708. The number of carboxylic acids is 1. The zero-order valence-corrected chi connectivity index (χ0v) is 7.46. The molecule has 0 saturated heterocycles. The summed E-state index contributed by atoms with van der Waals surface area (Å²) >= 11 is 0. The molecule has 0 aromatic heterocycles. The minimum atomic E-state index is -0.792. The van der Waals surface area contributed by atoms with Gasteiger partial charge in [0.15, 0.2) is 0 Å². The van der Waals surface area contributed by atoms with Gasteiger partial charge >= 0.3 is 5.97 Å². The highest BCUT2D eigenvalue weighted by Crippen LogP contribution is 2.31. The van der Waals surface area contributed by atoms with Crippen LogP contribution in [-0.2, 0) is 9.53 Å². The molecule has 0 amide bonds. The predicted molar refractivity (Wildman–Crippen MR) is 44.7 cm³/mol. The molecular formula is C9H14O3. The summed E-state index contributed by atoms with van der Waals surface area (Å²) in [6, 6.07) is 0. The highest BCUT2D eigenvalue weighted by molar-refractivity contribution is 5.77. The molecule has 0 saturated carbocycles. The molecular weight excluding hydrogens is 156 g/mol. The van der Waals surface area contributed by atoms with Gasteiger partial charge in [-0.05, 0) is 32.3 Å². The van der Waals surface area contributed by atoms with Crippen molar-refractivity contribution in [3.8, 4) is 0 Å². The van der Waals surface area contributed by atoms with E-state index in [1.165, 1.54) is 0 Å². The molecule has 0 unspecified atom stereocenters. The standard InChI is InChI=1S/C9H14O3/c1-9(2,8(10)11)7-4-3-5-12-6-7/h6H,3-5H2,1-2H3,(H,10,11). The number of ether oxygens (including phenoxy) is 1. The molecule has 1 N–H and O–H groups in total. The van der Waals surface area contributed by atoms with Crippen LogP contribution in [0.1, 0.15) is 26.7 Å². The maximum Gasteiger partial charge on any atom is 0.313 e. The van der Waals surface area contributed by atoms with E-state index in [-0.39, 0.29) is 0 Å². The van der Waals surface area contributed by atoms with Crippen LogP contribution in [0.4, 0.5) is 0 Å². The van der Waals surface area contributed by atoms with Gasteiger partial charge in [-0.1, -0.05) is 0 Å². The highest BCUT2D eigenvalue weighted by atomic mass is 16.5. The summed E-state index contributed by atoms with van der Waals surface area (Å²) in [5, 5.41) is 8.90. The largest absolute Gasteiger partial charge is 0.501 e. The first kappa shape index (κ1) is 9.10. The van der Waals surface area contributed by atoms with Crippen molar-refractivity contribution in [2.24, 2.45) is 5.41 Å². The van der Waals surface area contributed by atoms with Crippen molar-refractivity contribution in [2.75, 3.05) is 6.61 Å². The van der Waals surface area contributed by atoms with Crippen LogP contribution in [0.25, 0.3) is 0 Å². The van der Waals surface area contributed by atoms with Gasteiger partial charge < -0.3 is 9.84 Å². The smallest absolute Gasteiger partial charge is 0.313 e. The molecule has 3 nitrogen and oxygen atoms in total. The predicted octanol–water partition coefficient (Wildman–Crippen LogP) is 1.79. The van der Waals surface area contributed by atoms with Crippen LogP contribution in [-0.4, -0.2) is 17.7 Å². The van der Waals surface area contributed by atoms with E-state index in [9.17, 15) is 4.79 Å². The average Bonchev–Trinajstić information content (AvgIpc) is 2.06. The van der Waals surface area contributed by atoms with Crippen LogP contribution < -0.4 is 0 Å². The molecule has 12 heavy (non-hydrogen) atoms. The van der Waals surface area contributed by atoms with Gasteiger partial charge in [-0.25, -0.2) is 0 Å². The van der Waals surface area contributed by atoms with E-state index in [2.05, 4.69) is 0 Å². The molecule has 68 valence electrons. The van der Waals surface area contributed by atoms with Crippen LogP contribution in [0.2, 0.25) is 0 Å². The van der Waals surface area contributed by atoms with Crippen molar-refractivity contribution in [1.82, 2.24) is 0 Å². The number of hydrogen-bond acceptors (Lipinski definition) is 2. The third kappa shape index (κ3) is 1.60. The van der Waals surface area contributed by atoms with Crippen molar-refractivity contribution < 1.29 is 14.6 Å². The quantitative estimate of drug-likeness (QED) is 0.687. The maximum atomic E-state index is 10.8. The van der Waals surface area contributed by atoms with Gasteiger partial charge in [0, 0.05) is 0 Å². The van der Waals surface area contributed by atoms with E-state index in [0.29, 0.717) is 6.61 Å². The second-order valence-electron chi connectivity index (χ2n) is 3.55. The van der Waals surface area contributed by atoms with E-state index < -0.39 is 11.4 Å². The maximum absolute atomic E-state index is 10.8. The molecule has 3 heteroatoms. The Labute approximate surface area is 72.0 Å². The van der Waals surface area contributed by atoms with Gasteiger partial charge in [-0.3, -0.25) is 4.79 Å². The summed E-state index contributed by atoms with van der Waals surface area (Å²) in [6.07, 6.45) is 3.35. The Morgan fingerprint density at radius 1 is 1.67 bits per heavy atom. The molecule has 0 bridgehead atoms. The molecule has 1 aliphatic rings. The fourth-order valence-corrected chi connectivity index (χ4v) is 1.16. The van der Waals surface area contributed by atoms with E-state index in [1.807, 2.05) is 0 Å². The van der Waals surface area contributed by atoms with Gasteiger partial charge in [-0.2, -0.15) is 0 Å². The summed E-state index contributed by atoms with van der Waals surface area (Å²) in [6.45, 7) is 4.12. The lowest BCUT2D eigenvalue weighted by atomic mass is 9.82. The number of hydrogen-bond donors (Lipinski definition) is 1. The average molecular weight is 170 g/mol. The first-order chi connectivity index (χ1) is 5.55. The topological polar surface area (TPSA) is 46.5 Å². The molecule has 0 aromatic rings. The molecule has 0 aliphatic carbocycles. The van der Waals surface area contributed by atoms with Crippen molar-refractivity contribution >= 4 is 5.97 Å². The van der Waals surface area contributed by atoms with E-state index >= 15 is 0 Å². The Kier molecular flexibility index (Phi) is 2.40. The molecule has 0 fully saturated rings.